The molecule has 1 atom stereocenters. The second kappa shape index (κ2) is 7.43. The van der Waals surface area contributed by atoms with Gasteiger partial charge in [0.2, 0.25) is 4.77 Å². The molecule has 0 aliphatic carbocycles. The molecule has 2 heterocycles. The van der Waals surface area contributed by atoms with Crippen LogP contribution in [0.25, 0.3) is 5.69 Å². The number of methoxy groups -OCH3 is 1. The lowest BCUT2D eigenvalue weighted by Gasteiger charge is -2.16. The molecule has 134 valence electrons. The average molecular weight is 366 g/mol. The molecule has 0 radical (unpaired) electrons. The summed E-state index contributed by atoms with van der Waals surface area (Å²) in [6, 6.07) is 18.5. The predicted molar refractivity (Wildman–Crippen MR) is 104 cm³/mol. The summed E-state index contributed by atoms with van der Waals surface area (Å²) in [6.45, 7) is 2.80. The highest BCUT2D eigenvalue weighted by Crippen LogP contribution is 2.28. The number of nitrogens with zero attached hydrogens (tertiary/aromatic N) is 4. The molecule has 5 nitrogen and oxygen atoms in total. The largest absolute Gasteiger partial charge is 0.497 e. The Kier molecular flexibility index (Phi) is 4.86. The van der Waals surface area contributed by atoms with Gasteiger partial charge in [0.1, 0.15) is 12.1 Å². The van der Waals surface area contributed by atoms with Crippen LogP contribution in [-0.2, 0) is 6.67 Å². The molecular formula is C20H22N4OS. The highest BCUT2D eigenvalue weighted by atomic mass is 32.1. The van der Waals surface area contributed by atoms with Crippen molar-refractivity contribution in [2.75, 3.05) is 20.2 Å². The van der Waals surface area contributed by atoms with Gasteiger partial charge in [-0.2, -0.15) is 5.10 Å². The third-order valence-corrected chi connectivity index (χ3v) is 5.37. The maximum atomic E-state index is 5.62. The lowest BCUT2D eigenvalue weighted by Crippen LogP contribution is -2.24. The number of ether oxygens (including phenoxy) is 1. The normalized spacial score (nSPS) is 17.5. The lowest BCUT2D eigenvalue weighted by molar-refractivity contribution is 0.250. The van der Waals surface area contributed by atoms with E-state index in [0.717, 1.165) is 42.4 Å². The highest BCUT2D eigenvalue weighted by Gasteiger charge is 2.24. The summed E-state index contributed by atoms with van der Waals surface area (Å²) >= 11 is 5.62. The Bertz CT molecular complexity index is 917. The van der Waals surface area contributed by atoms with Crippen molar-refractivity contribution in [1.29, 1.82) is 0 Å². The molecule has 2 aromatic carbocycles. The van der Waals surface area contributed by atoms with Crippen molar-refractivity contribution in [3.63, 3.8) is 0 Å². The molecule has 0 N–H and O–H groups in total. The molecule has 0 saturated carbocycles. The smallest absolute Gasteiger partial charge is 0.203 e. The first-order chi connectivity index (χ1) is 12.7. The zero-order valence-electron chi connectivity index (χ0n) is 14.8. The van der Waals surface area contributed by atoms with Crippen molar-refractivity contribution in [3.05, 3.63) is 71.3 Å². The van der Waals surface area contributed by atoms with E-state index in [-0.39, 0.29) is 0 Å². The molecule has 1 aliphatic heterocycles. The quantitative estimate of drug-likeness (QED) is 0.643. The number of benzene rings is 2. The SMILES string of the molecule is COc1ccc(C2CCN(Cn3ncn(-c4ccccc4)c3=S)C2)cc1. The number of hydrogen-bond donors (Lipinski definition) is 0. The van der Waals surface area contributed by atoms with Gasteiger partial charge in [-0.3, -0.25) is 9.47 Å². The highest BCUT2D eigenvalue weighted by molar-refractivity contribution is 7.71. The van der Waals surface area contributed by atoms with Crippen molar-refractivity contribution >= 4 is 12.2 Å². The molecule has 1 aromatic heterocycles. The molecule has 1 fully saturated rings. The molecule has 1 saturated heterocycles. The van der Waals surface area contributed by atoms with Crippen LogP contribution in [0.2, 0.25) is 0 Å². The van der Waals surface area contributed by atoms with E-state index in [4.69, 9.17) is 17.0 Å². The van der Waals surface area contributed by atoms with E-state index in [1.165, 1.54) is 5.56 Å². The number of hydrogen-bond acceptors (Lipinski definition) is 4. The summed E-state index contributed by atoms with van der Waals surface area (Å²) in [4.78, 5) is 2.41. The molecule has 1 unspecified atom stereocenters. The molecule has 0 bridgehead atoms. The minimum absolute atomic E-state index is 0.547. The average Bonchev–Trinajstić information content (AvgIpc) is 3.30. The summed E-state index contributed by atoms with van der Waals surface area (Å²) in [6.07, 6.45) is 2.95. The third-order valence-electron chi connectivity index (χ3n) is 4.96. The fourth-order valence-corrected chi connectivity index (χ4v) is 3.76. The summed E-state index contributed by atoms with van der Waals surface area (Å²) in [5, 5.41) is 4.49. The number of rotatable bonds is 5. The van der Waals surface area contributed by atoms with Crippen LogP contribution in [0, 0.1) is 4.77 Å². The Morgan fingerprint density at radius 3 is 2.62 bits per heavy atom. The molecule has 26 heavy (non-hydrogen) atoms. The van der Waals surface area contributed by atoms with Gasteiger partial charge >= 0.3 is 0 Å². The second-order valence-electron chi connectivity index (χ2n) is 6.60. The van der Waals surface area contributed by atoms with Crippen molar-refractivity contribution in [2.24, 2.45) is 0 Å². The second-order valence-corrected chi connectivity index (χ2v) is 6.96. The Labute approximate surface area is 158 Å². The Hall–Kier alpha value is -2.44. The van der Waals surface area contributed by atoms with Crippen LogP contribution in [0.3, 0.4) is 0 Å². The van der Waals surface area contributed by atoms with Gasteiger partial charge in [-0.15, -0.1) is 0 Å². The van der Waals surface area contributed by atoms with Gasteiger partial charge in [0, 0.05) is 18.8 Å². The molecule has 1 aliphatic rings. The van der Waals surface area contributed by atoms with E-state index < -0.39 is 0 Å². The maximum absolute atomic E-state index is 5.62. The molecule has 0 spiro atoms. The van der Waals surface area contributed by atoms with E-state index in [1.807, 2.05) is 51.7 Å². The van der Waals surface area contributed by atoms with Gasteiger partial charge in [0.25, 0.3) is 0 Å². The van der Waals surface area contributed by atoms with E-state index in [2.05, 4.69) is 22.1 Å². The van der Waals surface area contributed by atoms with Crippen LogP contribution in [0.5, 0.6) is 5.75 Å². The fourth-order valence-electron chi connectivity index (χ4n) is 3.50. The monoisotopic (exact) mass is 366 g/mol. The Morgan fingerprint density at radius 2 is 1.88 bits per heavy atom. The topological polar surface area (TPSA) is 35.2 Å². The van der Waals surface area contributed by atoms with Gasteiger partial charge in [-0.25, -0.2) is 4.68 Å². The van der Waals surface area contributed by atoms with Gasteiger partial charge in [0.05, 0.1) is 13.8 Å². The summed E-state index contributed by atoms with van der Waals surface area (Å²) in [7, 11) is 1.70. The van der Waals surface area contributed by atoms with E-state index in [1.54, 1.807) is 13.4 Å². The van der Waals surface area contributed by atoms with Crippen LogP contribution in [0.15, 0.2) is 60.9 Å². The Morgan fingerprint density at radius 1 is 1.12 bits per heavy atom. The summed E-state index contributed by atoms with van der Waals surface area (Å²) in [5.41, 5.74) is 2.41. The van der Waals surface area contributed by atoms with Crippen molar-refractivity contribution in [1.82, 2.24) is 19.2 Å². The van der Waals surface area contributed by atoms with E-state index in [0.29, 0.717) is 5.92 Å². The first kappa shape index (κ1) is 17.0. The number of para-hydroxylation sites is 1. The van der Waals surface area contributed by atoms with Crippen molar-refractivity contribution < 1.29 is 4.74 Å². The third kappa shape index (κ3) is 3.43. The predicted octanol–water partition coefficient (Wildman–Crippen LogP) is 3.86. The molecule has 6 heteroatoms. The molecule has 0 amide bonds. The van der Waals surface area contributed by atoms with Crippen LogP contribution in [0.4, 0.5) is 0 Å². The number of aromatic nitrogens is 3. The lowest BCUT2D eigenvalue weighted by atomic mass is 9.98. The van der Waals surface area contributed by atoms with Gasteiger partial charge in [-0.1, -0.05) is 30.3 Å². The number of likely N-dealkylation sites (tertiary alicyclic amines) is 1. The van der Waals surface area contributed by atoms with E-state index in [9.17, 15) is 0 Å². The van der Waals surface area contributed by atoms with Gasteiger partial charge < -0.3 is 4.74 Å². The van der Waals surface area contributed by atoms with Crippen LogP contribution in [-0.4, -0.2) is 39.4 Å². The maximum Gasteiger partial charge on any atom is 0.203 e. The molecule has 4 rings (SSSR count). The van der Waals surface area contributed by atoms with Crippen LogP contribution in [0.1, 0.15) is 17.9 Å². The fraction of sp³-hybridized carbons (Fsp3) is 0.300. The minimum Gasteiger partial charge on any atom is -0.497 e. The first-order valence-electron chi connectivity index (χ1n) is 8.81. The zero-order valence-corrected chi connectivity index (χ0v) is 15.6. The van der Waals surface area contributed by atoms with E-state index >= 15 is 0 Å². The zero-order chi connectivity index (χ0) is 17.9. The minimum atomic E-state index is 0.547. The summed E-state index contributed by atoms with van der Waals surface area (Å²) in [5.74, 6) is 1.45. The standard InChI is InChI=1S/C20H22N4OS/c1-25-19-9-7-16(8-10-19)17-11-12-22(13-17)15-24-20(26)23(14-21-24)18-5-3-2-4-6-18/h2-10,14,17H,11-13,15H2,1H3. The Balaban J connectivity index is 1.44. The van der Waals surface area contributed by atoms with Gasteiger partial charge in [-0.05, 0) is 54.4 Å². The summed E-state index contributed by atoms with van der Waals surface area (Å²) < 4.78 is 9.83. The molecular weight excluding hydrogens is 344 g/mol. The van der Waals surface area contributed by atoms with Crippen LogP contribution >= 0.6 is 12.2 Å². The van der Waals surface area contributed by atoms with Crippen molar-refractivity contribution in [2.45, 2.75) is 19.0 Å². The van der Waals surface area contributed by atoms with Crippen LogP contribution < -0.4 is 4.74 Å². The molecule has 3 aromatic rings. The first-order valence-corrected chi connectivity index (χ1v) is 9.21. The van der Waals surface area contributed by atoms with Crippen molar-refractivity contribution in [3.8, 4) is 11.4 Å². The van der Waals surface area contributed by atoms with Gasteiger partial charge in [0.15, 0.2) is 0 Å².